The van der Waals surface area contributed by atoms with Crippen LogP contribution in [0.5, 0.6) is 0 Å². The molecular formula is C12H12O4. The third-order valence-corrected chi connectivity index (χ3v) is 2.25. The Labute approximate surface area is 92.8 Å². The van der Waals surface area contributed by atoms with Gasteiger partial charge in [0.25, 0.3) is 0 Å². The minimum Gasteiger partial charge on any atom is -0.481 e. The molecule has 4 heteroatoms. The van der Waals surface area contributed by atoms with Crippen molar-refractivity contribution in [1.29, 1.82) is 0 Å². The average Bonchev–Trinajstić information content (AvgIpc) is 2.26. The molecule has 1 unspecified atom stereocenters. The lowest BCUT2D eigenvalue weighted by molar-refractivity contribution is -0.138. The number of hydrogen-bond acceptors (Lipinski definition) is 2. The Morgan fingerprint density at radius 3 is 2.19 bits per heavy atom. The van der Waals surface area contributed by atoms with Gasteiger partial charge in [0, 0.05) is 5.57 Å². The van der Waals surface area contributed by atoms with E-state index in [0.717, 1.165) is 0 Å². The second kappa shape index (κ2) is 5.11. The van der Waals surface area contributed by atoms with Crippen LogP contribution < -0.4 is 0 Å². The van der Waals surface area contributed by atoms with Crippen molar-refractivity contribution in [3.05, 3.63) is 48.0 Å². The van der Waals surface area contributed by atoms with Crippen LogP contribution in [0.3, 0.4) is 0 Å². The molecule has 0 aromatic heterocycles. The molecule has 1 atom stereocenters. The Kier molecular flexibility index (Phi) is 3.83. The fourth-order valence-electron chi connectivity index (χ4n) is 1.37. The van der Waals surface area contributed by atoms with Gasteiger partial charge < -0.3 is 10.2 Å². The zero-order chi connectivity index (χ0) is 12.1. The maximum absolute atomic E-state index is 11.0. The van der Waals surface area contributed by atoms with Gasteiger partial charge in [0.15, 0.2) is 0 Å². The van der Waals surface area contributed by atoms with E-state index >= 15 is 0 Å². The third kappa shape index (κ3) is 2.95. The van der Waals surface area contributed by atoms with E-state index in [1.165, 1.54) is 0 Å². The minimum atomic E-state index is -1.16. The lowest BCUT2D eigenvalue weighted by Crippen LogP contribution is -2.14. The normalized spacial score (nSPS) is 11.8. The Hall–Kier alpha value is -2.10. The minimum absolute atomic E-state index is 0.0886. The second-order valence-electron chi connectivity index (χ2n) is 3.41. The number of benzene rings is 1. The van der Waals surface area contributed by atoms with Crippen molar-refractivity contribution in [2.75, 3.05) is 0 Å². The molecule has 0 saturated carbocycles. The fourth-order valence-corrected chi connectivity index (χ4v) is 1.37. The van der Waals surface area contributed by atoms with E-state index in [1.807, 2.05) is 0 Å². The van der Waals surface area contributed by atoms with E-state index in [9.17, 15) is 9.59 Å². The fraction of sp³-hybridized carbons (Fsp3) is 0.167. The van der Waals surface area contributed by atoms with E-state index in [-0.39, 0.29) is 12.0 Å². The van der Waals surface area contributed by atoms with Crippen LogP contribution in [0.1, 0.15) is 17.9 Å². The summed E-state index contributed by atoms with van der Waals surface area (Å²) in [6.07, 6.45) is -0.0886. The van der Waals surface area contributed by atoms with Crippen LogP contribution in [-0.2, 0) is 9.59 Å². The van der Waals surface area contributed by atoms with E-state index in [1.54, 1.807) is 30.3 Å². The zero-order valence-electron chi connectivity index (χ0n) is 8.59. The van der Waals surface area contributed by atoms with E-state index < -0.39 is 17.9 Å². The first-order chi connectivity index (χ1) is 7.52. The SMILES string of the molecule is C=C(CC(C(=O)O)c1ccccc1)C(=O)O. The van der Waals surface area contributed by atoms with Crippen molar-refractivity contribution in [2.45, 2.75) is 12.3 Å². The molecule has 0 amide bonds. The number of aliphatic carboxylic acids is 2. The lowest BCUT2D eigenvalue weighted by Gasteiger charge is -2.12. The molecule has 4 nitrogen and oxygen atoms in total. The van der Waals surface area contributed by atoms with Gasteiger partial charge in [0.05, 0.1) is 5.92 Å². The molecule has 0 spiro atoms. The Morgan fingerprint density at radius 1 is 1.19 bits per heavy atom. The van der Waals surface area contributed by atoms with Gasteiger partial charge in [-0.15, -0.1) is 0 Å². The van der Waals surface area contributed by atoms with Gasteiger partial charge in [-0.3, -0.25) is 4.79 Å². The van der Waals surface area contributed by atoms with E-state index in [0.29, 0.717) is 5.56 Å². The van der Waals surface area contributed by atoms with Crippen molar-refractivity contribution in [2.24, 2.45) is 0 Å². The monoisotopic (exact) mass is 220 g/mol. The standard InChI is InChI=1S/C12H12O4/c1-8(11(13)14)7-10(12(15)16)9-5-3-2-4-6-9/h2-6,10H,1,7H2,(H,13,14)(H,15,16). The van der Waals surface area contributed by atoms with Crippen LogP contribution in [0.15, 0.2) is 42.5 Å². The van der Waals surface area contributed by atoms with Gasteiger partial charge in [-0.1, -0.05) is 36.9 Å². The molecular weight excluding hydrogens is 208 g/mol. The molecule has 0 radical (unpaired) electrons. The molecule has 16 heavy (non-hydrogen) atoms. The molecule has 0 saturated heterocycles. The molecule has 1 rings (SSSR count). The second-order valence-corrected chi connectivity index (χ2v) is 3.41. The summed E-state index contributed by atoms with van der Waals surface area (Å²) in [6, 6.07) is 8.53. The summed E-state index contributed by atoms with van der Waals surface area (Å²) in [4.78, 5) is 21.6. The highest BCUT2D eigenvalue weighted by molar-refractivity contribution is 5.87. The maximum Gasteiger partial charge on any atom is 0.330 e. The highest BCUT2D eigenvalue weighted by Crippen LogP contribution is 2.23. The van der Waals surface area contributed by atoms with Crippen LogP contribution in [-0.4, -0.2) is 22.2 Å². The summed E-state index contributed by atoms with van der Waals surface area (Å²) in [7, 11) is 0. The smallest absolute Gasteiger partial charge is 0.330 e. The summed E-state index contributed by atoms with van der Waals surface area (Å²) in [5.74, 6) is -3.07. The molecule has 0 bridgehead atoms. The van der Waals surface area contributed by atoms with Crippen molar-refractivity contribution in [1.82, 2.24) is 0 Å². The van der Waals surface area contributed by atoms with Crippen LogP contribution in [0, 0.1) is 0 Å². The number of carbonyl (C=O) groups is 2. The topological polar surface area (TPSA) is 74.6 Å². The van der Waals surface area contributed by atoms with Crippen molar-refractivity contribution < 1.29 is 19.8 Å². The number of rotatable bonds is 5. The molecule has 0 aliphatic rings. The highest BCUT2D eigenvalue weighted by Gasteiger charge is 2.22. The summed E-state index contributed by atoms with van der Waals surface area (Å²) in [6.45, 7) is 3.34. The van der Waals surface area contributed by atoms with E-state index in [4.69, 9.17) is 10.2 Å². The largest absolute Gasteiger partial charge is 0.481 e. The summed E-state index contributed by atoms with van der Waals surface area (Å²) >= 11 is 0. The summed E-state index contributed by atoms with van der Waals surface area (Å²) < 4.78 is 0. The van der Waals surface area contributed by atoms with Gasteiger partial charge in [-0.2, -0.15) is 0 Å². The van der Waals surface area contributed by atoms with Crippen LogP contribution in [0.25, 0.3) is 0 Å². The highest BCUT2D eigenvalue weighted by atomic mass is 16.4. The maximum atomic E-state index is 11.0. The quantitative estimate of drug-likeness (QED) is 0.743. The molecule has 84 valence electrons. The van der Waals surface area contributed by atoms with Crippen LogP contribution in [0.4, 0.5) is 0 Å². The Bertz CT molecular complexity index is 408. The first-order valence-electron chi connectivity index (χ1n) is 4.71. The van der Waals surface area contributed by atoms with Gasteiger partial charge in [0.1, 0.15) is 0 Å². The Balaban J connectivity index is 2.89. The van der Waals surface area contributed by atoms with Gasteiger partial charge in [-0.25, -0.2) is 4.79 Å². The molecule has 2 N–H and O–H groups in total. The third-order valence-electron chi connectivity index (χ3n) is 2.25. The predicted molar refractivity (Wildman–Crippen MR) is 58.2 cm³/mol. The lowest BCUT2D eigenvalue weighted by atomic mass is 9.92. The van der Waals surface area contributed by atoms with Crippen LogP contribution >= 0.6 is 0 Å². The molecule has 0 aliphatic heterocycles. The first-order valence-corrected chi connectivity index (χ1v) is 4.71. The van der Waals surface area contributed by atoms with Crippen LogP contribution in [0.2, 0.25) is 0 Å². The van der Waals surface area contributed by atoms with Crippen molar-refractivity contribution in [3.63, 3.8) is 0 Å². The molecule has 1 aromatic carbocycles. The average molecular weight is 220 g/mol. The van der Waals surface area contributed by atoms with Gasteiger partial charge in [0.2, 0.25) is 0 Å². The molecule has 0 heterocycles. The molecule has 0 fully saturated rings. The van der Waals surface area contributed by atoms with E-state index in [2.05, 4.69) is 6.58 Å². The number of hydrogen-bond donors (Lipinski definition) is 2. The summed E-state index contributed by atoms with van der Waals surface area (Å²) in [5, 5.41) is 17.7. The van der Waals surface area contributed by atoms with Gasteiger partial charge in [-0.05, 0) is 12.0 Å². The predicted octanol–water partition coefficient (Wildman–Crippen LogP) is 1.89. The van der Waals surface area contributed by atoms with Gasteiger partial charge >= 0.3 is 11.9 Å². The van der Waals surface area contributed by atoms with Crippen molar-refractivity contribution >= 4 is 11.9 Å². The molecule has 1 aromatic rings. The Morgan fingerprint density at radius 2 is 1.75 bits per heavy atom. The molecule has 0 aliphatic carbocycles. The zero-order valence-corrected chi connectivity index (χ0v) is 8.59. The number of carboxylic acid groups (broad SMARTS) is 2. The van der Waals surface area contributed by atoms with Crippen molar-refractivity contribution in [3.8, 4) is 0 Å². The first kappa shape index (κ1) is 12.0. The summed E-state index contributed by atoms with van der Waals surface area (Å²) in [5.41, 5.74) is 0.480. The number of carboxylic acids is 2.